The Morgan fingerprint density at radius 2 is 1.23 bits per heavy atom. The van der Waals surface area contributed by atoms with Gasteiger partial charge in [-0.2, -0.15) is 52.7 Å². The third-order valence-electron chi connectivity index (χ3n) is 6.81. The van der Waals surface area contributed by atoms with E-state index < -0.39 is 65.2 Å². The maximum Gasteiger partial charge on any atom is 0.416 e. The lowest BCUT2D eigenvalue weighted by Gasteiger charge is -2.21. The minimum Gasteiger partial charge on any atom is -0.337 e. The van der Waals surface area contributed by atoms with Crippen LogP contribution in [0.5, 0.6) is 0 Å². The number of nitrogens with zero attached hydrogens (tertiary/aromatic N) is 3. The number of nitrogens with one attached hydrogen (secondary N) is 1. The summed E-state index contributed by atoms with van der Waals surface area (Å²) < 4.78 is 167. The van der Waals surface area contributed by atoms with Gasteiger partial charge >= 0.3 is 24.7 Å². The van der Waals surface area contributed by atoms with Crippen molar-refractivity contribution < 1.29 is 61.9 Å². The number of benzene rings is 3. The van der Waals surface area contributed by atoms with Gasteiger partial charge in [0.05, 0.1) is 38.5 Å². The summed E-state index contributed by atoms with van der Waals surface area (Å²) in [5.41, 5.74) is -5.91. The van der Waals surface area contributed by atoms with Crippen LogP contribution in [0.3, 0.4) is 0 Å². The lowest BCUT2D eigenvalue weighted by atomic mass is 10.0. The van der Waals surface area contributed by atoms with Gasteiger partial charge in [0.1, 0.15) is 5.82 Å². The van der Waals surface area contributed by atoms with E-state index in [4.69, 9.17) is 11.6 Å². The summed E-state index contributed by atoms with van der Waals surface area (Å²) in [5.74, 6) is -1.42. The first kappa shape index (κ1) is 42.3. The number of alkyl halides is 12. The van der Waals surface area contributed by atoms with Crippen LogP contribution in [0.15, 0.2) is 66.0 Å². The number of thioether (sulfide) groups is 1. The van der Waals surface area contributed by atoms with Gasteiger partial charge in [0, 0.05) is 31.9 Å². The van der Waals surface area contributed by atoms with Crippen LogP contribution in [-0.2, 0) is 37.8 Å². The highest BCUT2D eigenvalue weighted by molar-refractivity contribution is 7.98. The molecular formula is C32H24ClF13N4OS. The molecule has 0 saturated carbocycles. The monoisotopic (exact) mass is 794 g/mol. The Balaban J connectivity index is 0.000000359. The van der Waals surface area contributed by atoms with Crippen molar-refractivity contribution in [1.82, 2.24) is 20.2 Å². The second kappa shape index (κ2) is 16.3. The molecule has 20 heteroatoms. The molecule has 4 aromatic rings. The molecule has 1 heterocycles. The van der Waals surface area contributed by atoms with E-state index in [1.165, 1.54) is 26.4 Å². The van der Waals surface area contributed by atoms with Crippen molar-refractivity contribution in [3.05, 3.63) is 111 Å². The molecule has 0 bridgehead atoms. The van der Waals surface area contributed by atoms with Crippen molar-refractivity contribution in [3.63, 3.8) is 0 Å². The standard InChI is InChI=1S/C22H15ClF7N3OS.C10H9F6N/c1-33(10-11-5-12(21(25,26)27)7-13(6-11)22(28,29)30)19(34)16-9-31-20(35-2)32-18(16)15-4-3-14(24)8-17(15)23;1-17-5-6-2-7(9(11,12)13)4-8(3-6)10(14,15)16/h3-9H,10H2,1-2H3;2-4,17H,5H2,1H3. The van der Waals surface area contributed by atoms with Crippen LogP contribution in [0.1, 0.15) is 43.7 Å². The van der Waals surface area contributed by atoms with Crippen LogP contribution >= 0.6 is 23.4 Å². The largest absolute Gasteiger partial charge is 0.416 e. The Morgan fingerprint density at radius 3 is 1.63 bits per heavy atom. The maximum atomic E-state index is 13.5. The number of halogens is 14. The Labute approximate surface area is 296 Å². The van der Waals surface area contributed by atoms with Crippen molar-refractivity contribution in [2.75, 3.05) is 20.4 Å². The van der Waals surface area contributed by atoms with E-state index in [-0.39, 0.29) is 56.8 Å². The number of carbonyl (C=O) groups is 1. The minimum atomic E-state index is -5.02. The van der Waals surface area contributed by atoms with Crippen LogP contribution in [0, 0.1) is 5.82 Å². The maximum absolute atomic E-state index is 13.5. The van der Waals surface area contributed by atoms with Crippen molar-refractivity contribution in [2.24, 2.45) is 0 Å². The van der Waals surface area contributed by atoms with Gasteiger partial charge in [0.25, 0.3) is 5.91 Å². The van der Waals surface area contributed by atoms with Crippen molar-refractivity contribution in [2.45, 2.75) is 43.0 Å². The zero-order valence-corrected chi connectivity index (χ0v) is 28.2. The molecule has 0 atom stereocenters. The Hall–Kier alpha value is -4.10. The minimum absolute atomic E-state index is 0.00887. The molecule has 5 nitrogen and oxygen atoms in total. The molecule has 52 heavy (non-hydrogen) atoms. The van der Waals surface area contributed by atoms with Crippen LogP contribution in [-0.4, -0.2) is 41.1 Å². The lowest BCUT2D eigenvalue weighted by Crippen LogP contribution is -2.27. The average molecular weight is 795 g/mol. The molecule has 0 radical (unpaired) electrons. The Morgan fingerprint density at radius 1 is 0.769 bits per heavy atom. The van der Waals surface area contributed by atoms with Gasteiger partial charge < -0.3 is 10.2 Å². The molecule has 4 rings (SSSR count). The number of amides is 1. The fourth-order valence-corrected chi connectivity index (χ4v) is 5.09. The van der Waals surface area contributed by atoms with Gasteiger partial charge in [-0.3, -0.25) is 4.79 Å². The van der Waals surface area contributed by atoms with E-state index in [1.807, 2.05) is 0 Å². The van der Waals surface area contributed by atoms with Crippen LogP contribution < -0.4 is 5.32 Å². The fourth-order valence-electron chi connectivity index (χ4n) is 4.49. The average Bonchev–Trinajstić information content (AvgIpc) is 3.02. The fraction of sp³-hybridized carbons (Fsp3) is 0.281. The highest BCUT2D eigenvalue weighted by Crippen LogP contribution is 2.38. The summed E-state index contributed by atoms with van der Waals surface area (Å²) >= 11 is 7.27. The second-order valence-electron chi connectivity index (χ2n) is 10.8. The quantitative estimate of drug-likeness (QED) is 0.115. The van der Waals surface area contributed by atoms with Gasteiger partial charge in [-0.25, -0.2) is 14.4 Å². The number of hydrogen-bond donors (Lipinski definition) is 1. The molecule has 282 valence electrons. The van der Waals surface area contributed by atoms with E-state index in [1.54, 1.807) is 6.26 Å². The first-order valence-electron chi connectivity index (χ1n) is 14.2. The van der Waals surface area contributed by atoms with E-state index in [9.17, 15) is 61.9 Å². The lowest BCUT2D eigenvalue weighted by molar-refractivity contribution is -0.144. The number of rotatable bonds is 7. The molecule has 1 N–H and O–H groups in total. The van der Waals surface area contributed by atoms with Crippen LogP contribution in [0.4, 0.5) is 57.1 Å². The van der Waals surface area contributed by atoms with Crippen LogP contribution in [0.25, 0.3) is 11.3 Å². The van der Waals surface area contributed by atoms with Gasteiger partial charge in [0.15, 0.2) is 5.16 Å². The Bertz CT molecular complexity index is 1830. The molecule has 0 aliphatic heterocycles. The summed E-state index contributed by atoms with van der Waals surface area (Å²) in [6.07, 6.45) is -16.8. The van der Waals surface area contributed by atoms with Gasteiger partial charge in [0.2, 0.25) is 0 Å². The molecular weight excluding hydrogens is 771 g/mol. The van der Waals surface area contributed by atoms with E-state index in [0.717, 1.165) is 28.8 Å². The number of aromatic nitrogens is 2. The highest BCUT2D eigenvalue weighted by Gasteiger charge is 2.38. The molecule has 1 amide bonds. The summed E-state index contributed by atoms with van der Waals surface area (Å²) in [4.78, 5) is 22.4. The summed E-state index contributed by atoms with van der Waals surface area (Å²) in [5, 5.41) is 2.71. The molecule has 0 aliphatic rings. The third kappa shape index (κ3) is 11.2. The molecule has 0 spiro atoms. The van der Waals surface area contributed by atoms with Gasteiger partial charge in [-0.05, 0) is 79.0 Å². The SMILES string of the molecule is CNCc1cc(C(F)(F)F)cc(C(F)(F)F)c1.CSc1ncc(C(=O)N(C)Cc2cc(C(F)(F)F)cc(C(F)(F)F)c2)c(-c2ccc(F)cc2Cl)n1. The second-order valence-corrected chi connectivity index (χ2v) is 11.9. The first-order chi connectivity index (χ1) is 23.8. The van der Waals surface area contributed by atoms with Gasteiger partial charge in [-0.15, -0.1) is 0 Å². The number of carbonyl (C=O) groups excluding carboxylic acids is 1. The van der Waals surface area contributed by atoms with E-state index >= 15 is 0 Å². The predicted octanol–water partition coefficient (Wildman–Crippen LogP) is 10.4. The van der Waals surface area contributed by atoms with Crippen LogP contribution in [0.2, 0.25) is 5.02 Å². The van der Waals surface area contributed by atoms with E-state index in [0.29, 0.717) is 24.3 Å². The summed E-state index contributed by atoms with van der Waals surface area (Å²) in [6.45, 7) is -0.639. The highest BCUT2D eigenvalue weighted by atomic mass is 35.5. The number of hydrogen-bond acceptors (Lipinski definition) is 5. The van der Waals surface area contributed by atoms with Gasteiger partial charge in [-0.1, -0.05) is 23.4 Å². The first-order valence-corrected chi connectivity index (χ1v) is 15.8. The molecule has 0 unspecified atom stereocenters. The molecule has 1 aromatic heterocycles. The molecule has 3 aromatic carbocycles. The smallest absolute Gasteiger partial charge is 0.337 e. The normalized spacial score (nSPS) is 12.3. The van der Waals surface area contributed by atoms with Crippen molar-refractivity contribution >= 4 is 29.3 Å². The molecule has 0 aliphatic carbocycles. The summed E-state index contributed by atoms with van der Waals surface area (Å²) in [6, 6.07) is 6.02. The third-order valence-corrected chi connectivity index (χ3v) is 7.68. The van der Waals surface area contributed by atoms with Crippen molar-refractivity contribution in [1.29, 1.82) is 0 Å². The van der Waals surface area contributed by atoms with Crippen molar-refractivity contribution in [3.8, 4) is 11.3 Å². The Kier molecular flexibility index (Phi) is 13.2. The van der Waals surface area contributed by atoms with E-state index in [2.05, 4.69) is 15.3 Å². The molecule has 0 fully saturated rings. The zero-order valence-electron chi connectivity index (χ0n) is 26.6. The predicted molar refractivity (Wildman–Crippen MR) is 166 cm³/mol. The zero-order chi connectivity index (χ0) is 39.4. The molecule has 0 saturated heterocycles. The topological polar surface area (TPSA) is 58.1 Å². The summed E-state index contributed by atoms with van der Waals surface area (Å²) in [7, 11) is 2.64.